The fourth-order valence-corrected chi connectivity index (χ4v) is 2.60. The predicted octanol–water partition coefficient (Wildman–Crippen LogP) is 2.61. The summed E-state index contributed by atoms with van der Waals surface area (Å²) >= 11 is 0. The van der Waals surface area contributed by atoms with Gasteiger partial charge in [-0.1, -0.05) is 6.42 Å². The quantitative estimate of drug-likeness (QED) is 0.701. The summed E-state index contributed by atoms with van der Waals surface area (Å²) in [5.41, 5.74) is 2.26. The van der Waals surface area contributed by atoms with Crippen LogP contribution in [-0.2, 0) is 6.42 Å². The van der Waals surface area contributed by atoms with Crippen molar-refractivity contribution in [3.8, 4) is 11.5 Å². The summed E-state index contributed by atoms with van der Waals surface area (Å²) in [7, 11) is 0. The van der Waals surface area contributed by atoms with E-state index < -0.39 is 0 Å². The zero-order valence-electron chi connectivity index (χ0n) is 9.95. The summed E-state index contributed by atoms with van der Waals surface area (Å²) in [5.74, 6) is 1.64. The Bertz CT molecular complexity index is 414. The molecule has 92 valence electrons. The van der Waals surface area contributed by atoms with Crippen molar-refractivity contribution in [2.75, 3.05) is 13.2 Å². The van der Waals surface area contributed by atoms with Crippen molar-refractivity contribution in [3.63, 3.8) is 0 Å². The highest BCUT2D eigenvalue weighted by Gasteiger charge is 2.21. The molecule has 1 unspecified atom stereocenters. The average Bonchev–Trinajstić information content (AvgIpc) is 2.66. The van der Waals surface area contributed by atoms with E-state index in [2.05, 4.69) is 6.07 Å². The molecule has 1 aliphatic heterocycles. The SMILES string of the molecule is OC1CCCCc2cc3c(cc21)OCCCO3. The first kappa shape index (κ1) is 10.9. The van der Waals surface area contributed by atoms with Gasteiger partial charge in [-0.15, -0.1) is 0 Å². The van der Waals surface area contributed by atoms with Crippen molar-refractivity contribution < 1.29 is 14.6 Å². The van der Waals surface area contributed by atoms with Crippen molar-refractivity contribution in [2.45, 2.75) is 38.2 Å². The van der Waals surface area contributed by atoms with Crippen LogP contribution in [0.2, 0.25) is 0 Å². The summed E-state index contributed by atoms with van der Waals surface area (Å²) in [4.78, 5) is 0. The average molecular weight is 234 g/mol. The van der Waals surface area contributed by atoms with Gasteiger partial charge in [0, 0.05) is 6.42 Å². The van der Waals surface area contributed by atoms with Gasteiger partial charge in [-0.25, -0.2) is 0 Å². The second-order valence-corrected chi connectivity index (χ2v) is 4.81. The summed E-state index contributed by atoms with van der Waals surface area (Å²) in [6, 6.07) is 4.04. The minimum atomic E-state index is -0.343. The Labute approximate surface area is 101 Å². The van der Waals surface area contributed by atoms with Crippen LogP contribution >= 0.6 is 0 Å². The molecule has 0 radical (unpaired) electrons. The zero-order valence-corrected chi connectivity index (χ0v) is 9.95. The Balaban J connectivity index is 2.03. The van der Waals surface area contributed by atoms with Gasteiger partial charge in [0.15, 0.2) is 11.5 Å². The fraction of sp³-hybridized carbons (Fsp3) is 0.571. The fourth-order valence-electron chi connectivity index (χ4n) is 2.60. The standard InChI is InChI=1S/C14H18O3/c15-12-5-2-1-4-10-8-13-14(9-11(10)12)17-7-3-6-16-13/h8-9,12,15H,1-7H2. The molecule has 0 saturated carbocycles. The third-order valence-electron chi connectivity index (χ3n) is 3.54. The van der Waals surface area contributed by atoms with E-state index in [9.17, 15) is 5.11 Å². The first-order chi connectivity index (χ1) is 8.34. The Kier molecular flexibility index (Phi) is 2.93. The van der Waals surface area contributed by atoms with Gasteiger partial charge in [-0.3, -0.25) is 0 Å². The van der Waals surface area contributed by atoms with Crippen LogP contribution in [0.3, 0.4) is 0 Å². The molecule has 1 aromatic rings. The molecule has 0 aromatic heterocycles. The predicted molar refractivity (Wildman–Crippen MR) is 64.6 cm³/mol. The number of rotatable bonds is 0. The molecular formula is C14H18O3. The maximum atomic E-state index is 10.1. The van der Waals surface area contributed by atoms with Crippen LogP contribution < -0.4 is 9.47 Å². The number of fused-ring (bicyclic) bond motifs is 2. The molecule has 17 heavy (non-hydrogen) atoms. The highest BCUT2D eigenvalue weighted by Crippen LogP contribution is 2.38. The molecular weight excluding hydrogens is 216 g/mol. The number of ether oxygens (including phenoxy) is 2. The number of hydrogen-bond donors (Lipinski definition) is 1. The highest BCUT2D eigenvalue weighted by molar-refractivity contribution is 5.49. The number of aliphatic hydroxyl groups is 1. The monoisotopic (exact) mass is 234 g/mol. The van der Waals surface area contributed by atoms with Crippen LogP contribution in [0.15, 0.2) is 12.1 Å². The Hall–Kier alpha value is -1.22. The molecule has 2 aliphatic rings. The van der Waals surface area contributed by atoms with E-state index in [0.717, 1.165) is 49.2 Å². The third-order valence-corrected chi connectivity index (χ3v) is 3.54. The lowest BCUT2D eigenvalue weighted by molar-refractivity contribution is 0.166. The molecule has 3 heteroatoms. The molecule has 1 atom stereocenters. The number of hydrogen-bond acceptors (Lipinski definition) is 3. The topological polar surface area (TPSA) is 38.7 Å². The van der Waals surface area contributed by atoms with Crippen LogP contribution in [0.5, 0.6) is 11.5 Å². The lowest BCUT2D eigenvalue weighted by Gasteiger charge is -2.15. The highest BCUT2D eigenvalue weighted by atomic mass is 16.5. The minimum Gasteiger partial charge on any atom is -0.490 e. The van der Waals surface area contributed by atoms with Crippen LogP contribution in [0.4, 0.5) is 0 Å². The molecule has 3 nitrogen and oxygen atoms in total. The molecule has 0 bridgehead atoms. The van der Waals surface area contributed by atoms with Crippen molar-refractivity contribution in [3.05, 3.63) is 23.3 Å². The first-order valence-electron chi connectivity index (χ1n) is 6.45. The largest absolute Gasteiger partial charge is 0.490 e. The van der Waals surface area contributed by atoms with Gasteiger partial charge in [-0.2, -0.15) is 0 Å². The van der Waals surface area contributed by atoms with E-state index in [4.69, 9.17) is 9.47 Å². The van der Waals surface area contributed by atoms with Crippen LogP contribution in [0.25, 0.3) is 0 Å². The normalized spacial score (nSPS) is 23.5. The van der Waals surface area contributed by atoms with Crippen molar-refractivity contribution >= 4 is 0 Å². The van der Waals surface area contributed by atoms with Crippen molar-refractivity contribution in [1.29, 1.82) is 0 Å². The molecule has 3 rings (SSSR count). The molecule has 1 N–H and O–H groups in total. The van der Waals surface area contributed by atoms with E-state index in [1.54, 1.807) is 0 Å². The molecule has 0 saturated heterocycles. The Morgan fingerprint density at radius 1 is 1.00 bits per heavy atom. The van der Waals surface area contributed by atoms with E-state index in [0.29, 0.717) is 13.2 Å². The van der Waals surface area contributed by atoms with Gasteiger partial charge in [0.2, 0.25) is 0 Å². The Morgan fingerprint density at radius 3 is 2.59 bits per heavy atom. The number of benzene rings is 1. The zero-order chi connectivity index (χ0) is 11.7. The van der Waals surface area contributed by atoms with Gasteiger partial charge < -0.3 is 14.6 Å². The molecule has 0 fully saturated rings. The number of aliphatic hydroxyl groups excluding tert-OH is 1. The first-order valence-corrected chi connectivity index (χ1v) is 6.45. The van der Waals surface area contributed by atoms with E-state index in [1.807, 2.05) is 6.07 Å². The summed E-state index contributed by atoms with van der Waals surface area (Å²) in [6.45, 7) is 1.41. The molecule has 1 aliphatic carbocycles. The van der Waals surface area contributed by atoms with E-state index in [1.165, 1.54) is 5.56 Å². The van der Waals surface area contributed by atoms with Gasteiger partial charge >= 0.3 is 0 Å². The summed E-state index contributed by atoms with van der Waals surface area (Å²) < 4.78 is 11.4. The summed E-state index contributed by atoms with van der Waals surface area (Å²) in [6.07, 6.45) is 4.69. The van der Waals surface area contributed by atoms with Crippen LogP contribution in [0, 0.1) is 0 Å². The van der Waals surface area contributed by atoms with Crippen LogP contribution in [-0.4, -0.2) is 18.3 Å². The third kappa shape index (κ3) is 2.12. The lowest BCUT2D eigenvalue weighted by atomic mass is 10.00. The maximum Gasteiger partial charge on any atom is 0.161 e. The summed E-state index contributed by atoms with van der Waals surface area (Å²) in [5, 5.41) is 10.1. The Morgan fingerprint density at radius 2 is 1.76 bits per heavy atom. The molecule has 1 aromatic carbocycles. The van der Waals surface area contributed by atoms with Crippen LogP contribution in [0.1, 0.15) is 42.9 Å². The number of aryl methyl sites for hydroxylation is 1. The van der Waals surface area contributed by atoms with Gasteiger partial charge in [0.05, 0.1) is 19.3 Å². The smallest absolute Gasteiger partial charge is 0.161 e. The molecule has 1 heterocycles. The van der Waals surface area contributed by atoms with Gasteiger partial charge in [0.25, 0.3) is 0 Å². The molecule has 0 amide bonds. The second-order valence-electron chi connectivity index (χ2n) is 4.81. The lowest BCUT2D eigenvalue weighted by Crippen LogP contribution is -2.01. The maximum absolute atomic E-state index is 10.1. The minimum absolute atomic E-state index is 0.343. The van der Waals surface area contributed by atoms with Gasteiger partial charge in [-0.05, 0) is 42.5 Å². The van der Waals surface area contributed by atoms with Crippen molar-refractivity contribution in [1.82, 2.24) is 0 Å². The van der Waals surface area contributed by atoms with E-state index in [-0.39, 0.29) is 6.10 Å². The second kappa shape index (κ2) is 4.57. The van der Waals surface area contributed by atoms with Crippen molar-refractivity contribution in [2.24, 2.45) is 0 Å². The van der Waals surface area contributed by atoms with Gasteiger partial charge in [0.1, 0.15) is 0 Å². The molecule has 0 spiro atoms. The van der Waals surface area contributed by atoms with E-state index >= 15 is 0 Å².